The monoisotopic (exact) mass is 153 g/mol. The third kappa shape index (κ3) is 3.49. The zero-order valence-corrected chi connectivity index (χ0v) is 5.86. The highest BCUT2D eigenvalue weighted by Gasteiger charge is 2.13. The number of hydrogen-bond donors (Lipinski definition) is 1. The normalized spacial score (nSPS) is 30.4. The molecule has 0 aliphatic carbocycles. The molecule has 2 heteroatoms. The van der Waals surface area contributed by atoms with Gasteiger partial charge in [-0.05, 0) is 12.7 Å². The second kappa shape index (κ2) is 5.27. The van der Waals surface area contributed by atoms with Crippen molar-refractivity contribution in [3.8, 4) is 0 Å². The van der Waals surface area contributed by atoms with Crippen LogP contribution in [0.15, 0.2) is 0 Å². The Balaban J connectivity index is 6.30. The molecular formula is C8H16O2. The minimum Gasteiger partial charge on any atom is -0.481 e. The lowest BCUT2D eigenvalue weighted by atomic mass is 9.99. The lowest BCUT2D eigenvalue weighted by Crippen LogP contribution is -2.12. The summed E-state index contributed by atoms with van der Waals surface area (Å²) in [7, 11) is 0. The molecule has 0 aromatic rings. The highest BCUT2D eigenvalue weighted by Crippen LogP contribution is 2.12. The van der Waals surface area contributed by atoms with Gasteiger partial charge in [-0.2, -0.15) is 0 Å². The summed E-state index contributed by atoms with van der Waals surface area (Å²) in [6.07, 6.45) is -12.6. The van der Waals surface area contributed by atoms with Crippen molar-refractivity contribution in [2.75, 3.05) is 0 Å². The first-order chi connectivity index (χ1) is 7.94. The summed E-state index contributed by atoms with van der Waals surface area (Å²) in [5.41, 5.74) is 0. The molecule has 0 amide bonds. The van der Waals surface area contributed by atoms with Gasteiger partial charge in [-0.1, -0.05) is 26.6 Å². The summed E-state index contributed by atoms with van der Waals surface area (Å²) in [6, 6.07) is 0. The first-order valence-corrected chi connectivity index (χ1v) is 2.68. The van der Waals surface area contributed by atoms with E-state index in [9.17, 15) is 4.79 Å². The van der Waals surface area contributed by atoms with Gasteiger partial charge in [-0.15, -0.1) is 0 Å². The summed E-state index contributed by atoms with van der Waals surface area (Å²) in [6.45, 7) is 1.36. The Kier molecular flexibility index (Phi) is 1.17. The zero-order valence-electron chi connectivity index (χ0n) is 14.9. The minimum absolute atomic E-state index is 0.681. The summed E-state index contributed by atoms with van der Waals surface area (Å²) in [5.74, 6) is -5.92. The maximum Gasteiger partial charge on any atom is 0.306 e. The van der Waals surface area contributed by atoms with Crippen LogP contribution in [-0.2, 0) is 4.79 Å². The average Bonchev–Trinajstić information content (AvgIpc) is 2.11. The maximum atomic E-state index is 11.2. The lowest BCUT2D eigenvalue weighted by molar-refractivity contribution is -0.142. The molecule has 0 radical (unpaired) electrons. The molecule has 0 unspecified atom stereocenters. The van der Waals surface area contributed by atoms with Crippen molar-refractivity contribution >= 4 is 5.97 Å². The Hall–Kier alpha value is -0.530. The number of carbonyl (C=O) groups is 1. The van der Waals surface area contributed by atoms with Crippen LogP contribution in [0.2, 0.25) is 0 Å². The highest BCUT2D eigenvalue weighted by atomic mass is 16.4. The van der Waals surface area contributed by atoms with Gasteiger partial charge in [-0.3, -0.25) is 4.79 Å². The van der Waals surface area contributed by atoms with Crippen LogP contribution in [0.3, 0.4) is 0 Å². The SMILES string of the molecule is [2H]C([2H])(C)C([2H])([2H])C([2H])(C(=O)O)C([2H])([2H])C([2H])([2H])C. The minimum atomic E-state index is -3.66. The number of carboxylic acid groups (broad SMARTS) is 1. The first kappa shape index (κ1) is 2.23. The molecule has 1 N–H and O–H groups in total. The molecule has 0 heterocycles. The van der Waals surface area contributed by atoms with Crippen LogP contribution in [-0.4, -0.2) is 11.1 Å². The summed E-state index contributed by atoms with van der Waals surface area (Å²) < 4.78 is 66.9. The molecule has 10 heavy (non-hydrogen) atoms. The lowest BCUT2D eigenvalue weighted by Gasteiger charge is -2.07. The number of carboxylic acids is 1. The zero-order chi connectivity index (χ0) is 16.1. The van der Waals surface area contributed by atoms with E-state index in [1.54, 1.807) is 0 Å². The van der Waals surface area contributed by atoms with E-state index >= 15 is 0 Å². The molecule has 0 fully saturated rings. The van der Waals surface area contributed by atoms with Crippen LogP contribution in [0.4, 0.5) is 0 Å². The molecule has 60 valence electrons. The smallest absolute Gasteiger partial charge is 0.306 e. The van der Waals surface area contributed by atoms with Gasteiger partial charge in [0, 0.05) is 12.3 Å². The van der Waals surface area contributed by atoms with Crippen molar-refractivity contribution < 1.29 is 22.2 Å². The summed E-state index contributed by atoms with van der Waals surface area (Å²) >= 11 is 0. The molecule has 2 nitrogen and oxygen atoms in total. The van der Waals surface area contributed by atoms with Crippen molar-refractivity contribution in [1.82, 2.24) is 0 Å². The maximum absolute atomic E-state index is 11.2. The topological polar surface area (TPSA) is 37.3 Å². The predicted octanol–water partition coefficient (Wildman–Crippen LogP) is 2.29. The standard InChI is InChI=1S/C8H16O2/c1-3-5-7(6-4-2)8(9)10/h7H,3-6H2,1-2H3,(H,9,10)/i3D2,4D2,5D2,6D2,7D. The molecule has 0 atom stereocenters. The second-order valence-electron chi connectivity index (χ2n) is 1.43. The Morgan fingerprint density at radius 1 is 1.60 bits per heavy atom. The molecule has 0 aromatic carbocycles. The van der Waals surface area contributed by atoms with E-state index in [1.165, 1.54) is 0 Å². The van der Waals surface area contributed by atoms with E-state index in [-0.39, 0.29) is 0 Å². The summed E-state index contributed by atoms with van der Waals surface area (Å²) in [4.78, 5) is 11.2. The van der Waals surface area contributed by atoms with Gasteiger partial charge in [0.2, 0.25) is 0 Å². The number of rotatable bonds is 5. The number of aliphatic carboxylic acids is 1. The van der Waals surface area contributed by atoms with Gasteiger partial charge < -0.3 is 5.11 Å². The van der Waals surface area contributed by atoms with Gasteiger partial charge in [0.05, 0.1) is 5.89 Å². The molecule has 0 spiro atoms. The van der Waals surface area contributed by atoms with Crippen LogP contribution in [0.5, 0.6) is 0 Å². The van der Waals surface area contributed by atoms with Crippen molar-refractivity contribution in [2.24, 2.45) is 5.89 Å². The highest BCUT2D eigenvalue weighted by molar-refractivity contribution is 5.69. The van der Waals surface area contributed by atoms with Crippen molar-refractivity contribution in [3.63, 3.8) is 0 Å². The molecule has 0 saturated carbocycles. The Bertz CT molecular complexity index is 339. The Morgan fingerprint density at radius 3 is 2.20 bits per heavy atom. The fourth-order valence-corrected chi connectivity index (χ4v) is 0.388. The molecule has 0 aliphatic heterocycles. The molecule has 0 bridgehead atoms. The fourth-order valence-electron chi connectivity index (χ4n) is 0.388. The van der Waals surface area contributed by atoms with Crippen molar-refractivity contribution in [1.29, 1.82) is 0 Å². The van der Waals surface area contributed by atoms with Gasteiger partial charge >= 0.3 is 5.97 Å². The fraction of sp³-hybridized carbons (Fsp3) is 0.875. The quantitative estimate of drug-likeness (QED) is 0.658. The Labute approximate surface area is 74.9 Å². The van der Waals surface area contributed by atoms with Gasteiger partial charge in [-0.25, -0.2) is 0 Å². The van der Waals surface area contributed by atoms with Crippen LogP contribution in [0.25, 0.3) is 0 Å². The van der Waals surface area contributed by atoms with Crippen LogP contribution >= 0.6 is 0 Å². The Morgan fingerprint density at radius 2 is 2.00 bits per heavy atom. The first-order valence-electron chi connectivity index (χ1n) is 7.18. The molecule has 0 aromatic heterocycles. The molecular weight excluding hydrogens is 128 g/mol. The van der Waals surface area contributed by atoms with E-state index in [2.05, 4.69) is 0 Å². The van der Waals surface area contributed by atoms with Gasteiger partial charge in [0.1, 0.15) is 0 Å². The third-order valence-corrected chi connectivity index (χ3v) is 0.714. The predicted molar refractivity (Wildman–Crippen MR) is 40.9 cm³/mol. The number of hydrogen-bond acceptors (Lipinski definition) is 1. The molecule has 0 rings (SSSR count). The van der Waals surface area contributed by atoms with E-state index in [0.29, 0.717) is 13.8 Å². The van der Waals surface area contributed by atoms with Crippen molar-refractivity contribution in [2.45, 2.75) is 39.3 Å². The summed E-state index contributed by atoms with van der Waals surface area (Å²) in [5, 5.41) is 9.03. The van der Waals surface area contributed by atoms with Gasteiger partial charge in [0.25, 0.3) is 0 Å². The second-order valence-corrected chi connectivity index (χ2v) is 1.43. The van der Waals surface area contributed by atoms with E-state index in [4.69, 9.17) is 17.4 Å². The van der Waals surface area contributed by atoms with Crippen LogP contribution in [0.1, 0.15) is 51.7 Å². The van der Waals surface area contributed by atoms with E-state index in [0.717, 1.165) is 0 Å². The van der Waals surface area contributed by atoms with E-state index < -0.39 is 37.4 Å². The van der Waals surface area contributed by atoms with Gasteiger partial charge in [0.15, 0.2) is 0 Å². The van der Waals surface area contributed by atoms with Crippen molar-refractivity contribution in [3.05, 3.63) is 0 Å². The molecule has 0 aliphatic rings. The van der Waals surface area contributed by atoms with E-state index in [1.807, 2.05) is 0 Å². The third-order valence-electron chi connectivity index (χ3n) is 0.714. The van der Waals surface area contributed by atoms with Crippen LogP contribution in [0, 0.1) is 5.89 Å². The largest absolute Gasteiger partial charge is 0.481 e. The average molecular weight is 153 g/mol. The molecule has 0 saturated heterocycles. The van der Waals surface area contributed by atoms with Crippen LogP contribution < -0.4 is 0 Å².